The average Bonchev–Trinajstić information content (AvgIpc) is 2.69. The number of hydrogen-bond acceptors (Lipinski definition) is 6. The van der Waals surface area contributed by atoms with Crippen molar-refractivity contribution in [2.24, 2.45) is 0 Å². The van der Waals surface area contributed by atoms with Crippen molar-refractivity contribution in [3.63, 3.8) is 0 Å². The Kier molecular flexibility index (Phi) is 2.92. The highest BCUT2D eigenvalue weighted by molar-refractivity contribution is 6.28. The smallest absolute Gasteiger partial charge is 0.374 e. The zero-order valence-electron chi connectivity index (χ0n) is 8.61. The van der Waals surface area contributed by atoms with Crippen LogP contribution in [0.3, 0.4) is 0 Å². The molecule has 0 bridgehead atoms. The number of aromatic nitrogens is 4. The molecule has 0 spiro atoms. The summed E-state index contributed by atoms with van der Waals surface area (Å²) in [5.41, 5.74) is 6.16. The number of ether oxygens (including phenoxy) is 1. The number of nitrogen functional groups attached to an aromatic ring is 1. The van der Waals surface area contributed by atoms with Crippen molar-refractivity contribution in [3.8, 4) is 0 Å². The number of fused-ring (bicyclic) bond motifs is 1. The van der Waals surface area contributed by atoms with Crippen molar-refractivity contribution in [2.75, 3.05) is 12.3 Å². The fourth-order valence-electron chi connectivity index (χ4n) is 1.19. The predicted molar refractivity (Wildman–Crippen MR) is 61.6 cm³/mol. The fraction of sp³-hybridized carbons (Fsp3) is 0.111. The highest BCUT2D eigenvalue weighted by atomic mass is 35.5. The van der Waals surface area contributed by atoms with Gasteiger partial charge in [0.2, 0.25) is 11.1 Å². The molecule has 0 unspecified atom stereocenters. The molecule has 0 atom stereocenters. The monoisotopic (exact) mass is 253 g/mol. The second-order valence-electron chi connectivity index (χ2n) is 3.05. The SMILES string of the molecule is C=CCOC(=O)c1nc2nc(Cl)nc(N)c2[nH]1. The summed E-state index contributed by atoms with van der Waals surface area (Å²) in [6, 6.07) is 0. The van der Waals surface area contributed by atoms with Crippen LogP contribution in [0.25, 0.3) is 11.2 Å². The molecule has 2 heterocycles. The number of H-pyrrole nitrogens is 1. The lowest BCUT2D eigenvalue weighted by Crippen LogP contribution is -2.06. The van der Waals surface area contributed by atoms with Gasteiger partial charge in [-0.15, -0.1) is 0 Å². The van der Waals surface area contributed by atoms with Crippen LogP contribution >= 0.6 is 11.6 Å². The van der Waals surface area contributed by atoms with Crippen LogP contribution in [0.15, 0.2) is 12.7 Å². The van der Waals surface area contributed by atoms with Crippen LogP contribution in [0.4, 0.5) is 5.82 Å². The number of anilines is 1. The second kappa shape index (κ2) is 4.38. The minimum atomic E-state index is -0.626. The van der Waals surface area contributed by atoms with E-state index in [2.05, 4.69) is 26.5 Å². The number of nitrogens with one attached hydrogen (secondary N) is 1. The van der Waals surface area contributed by atoms with Gasteiger partial charge >= 0.3 is 5.97 Å². The first-order valence-electron chi connectivity index (χ1n) is 4.58. The van der Waals surface area contributed by atoms with Gasteiger partial charge in [0.05, 0.1) is 0 Å². The largest absolute Gasteiger partial charge is 0.456 e. The molecule has 2 rings (SSSR count). The third-order valence-corrected chi connectivity index (χ3v) is 2.05. The average molecular weight is 254 g/mol. The van der Waals surface area contributed by atoms with Gasteiger partial charge in [-0.3, -0.25) is 0 Å². The Bertz CT molecular complexity index is 594. The highest BCUT2D eigenvalue weighted by Crippen LogP contribution is 2.17. The van der Waals surface area contributed by atoms with E-state index >= 15 is 0 Å². The van der Waals surface area contributed by atoms with Crippen molar-refractivity contribution in [1.29, 1.82) is 0 Å². The van der Waals surface area contributed by atoms with Gasteiger partial charge in [0.15, 0.2) is 11.5 Å². The Hall–Kier alpha value is -2.15. The lowest BCUT2D eigenvalue weighted by atomic mass is 10.5. The predicted octanol–water partition coefficient (Wildman–Crippen LogP) is 0.931. The molecular formula is C9H8ClN5O2. The molecule has 17 heavy (non-hydrogen) atoms. The number of rotatable bonds is 3. The topological polar surface area (TPSA) is 107 Å². The maximum Gasteiger partial charge on any atom is 0.374 e. The number of esters is 1. The first-order chi connectivity index (χ1) is 8.11. The minimum Gasteiger partial charge on any atom is -0.456 e. The number of nitrogens with two attached hydrogens (primary N) is 1. The van der Waals surface area contributed by atoms with E-state index in [1.807, 2.05) is 0 Å². The molecule has 0 radical (unpaired) electrons. The quantitative estimate of drug-likeness (QED) is 0.479. The van der Waals surface area contributed by atoms with Crippen molar-refractivity contribution in [2.45, 2.75) is 0 Å². The lowest BCUT2D eigenvalue weighted by molar-refractivity contribution is 0.0537. The third kappa shape index (κ3) is 2.18. The molecule has 0 amide bonds. The van der Waals surface area contributed by atoms with Gasteiger partial charge in [-0.25, -0.2) is 9.78 Å². The molecule has 0 saturated heterocycles. The van der Waals surface area contributed by atoms with Gasteiger partial charge in [-0.2, -0.15) is 9.97 Å². The van der Waals surface area contributed by atoms with Crippen LogP contribution in [-0.4, -0.2) is 32.5 Å². The standard InChI is InChI=1S/C9H8ClN5O2/c1-2-3-17-8(16)7-12-4-5(11)13-9(10)15-6(4)14-7/h2H,1,3H2,(H3,11,12,13,14,15). The summed E-state index contributed by atoms with van der Waals surface area (Å²) in [6.45, 7) is 3.52. The zero-order valence-corrected chi connectivity index (χ0v) is 9.36. The van der Waals surface area contributed by atoms with E-state index in [1.165, 1.54) is 6.08 Å². The van der Waals surface area contributed by atoms with Gasteiger partial charge in [0.25, 0.3) is 0 Å². The maximum atomic E-state index is 11.5. The first-order valence-corrected chi connectivity index (χ1v) is 4.96. The molecule has 88 valence electrons. The number of hydrogen-bond donors (Lipinski definition) is 2. The Morgan fingerprint density at radius 3 is 3.00 bits per heavy atom. The number of halogens is 1. The first kappa shape index (κ1) is 11.3. The van der Waals surface area contributed by atoms with E-state index in [4.69, 9.17) is 22.1 Å². The molecule has 2 aromatic heterocycles. The Morgan fingerprint density at radius 2 is 2.29 bits per heavy atom. The Morgan fingerprint density at radius 1 is 1.53 bits per heavy atom. The summed E-state index contributed by atoms with van der Waals surface area (Å²) in [5, 5.41) is -0.0347. The third-order valence-electron chi connectivity index (χ3n) is 1.88. The summed E-state index contributed by atoms with van der Waals surface area (Å²) in [4.78, 5) is 25.6. The van der Waals surface area contributed by atoms with Crippen molar-refractivity contribution in [3.05, 3.63) is 23.8 Å². The summed E-state index contributed by atoms with van der Waals surface area (Å²) in [7, 11) is 0. The number of aromatic amines is 1. The molecule has 0 saturated carbocycles. The van der Waals surface area contributed by atoms with E-state index in [1.54, 1.807) is 0 Å². The van der Waals surface area contributed by atoms with Gasteiger partial charge < -0.3 is 15.5 Å². The number of imidazole rings is 1. The van der Waals surface area contributed by atoms with E-state index in [-0.39, 0.29) is 29.2 Å². The molecule has 7 nitrogen and oxygen atoms in total. The van der Waals surface area contributed by atoms with Crippen LogP contribution in [0, 0.1) is 0 Å². The molecule has 0 aromatic carbocycles. The molecule has 3 N–H and O–H groups in total. The van der Waals surface area contributed by atoms with Gasteiger partial charge in [-0.05, 0) is 11.6 Å². The van der Waals surface area contributed by atoms with Crippen LogP contribution < -0.4 is 5.73 Å². The number of carbonyl (C=O) groups excluding carboxylic acids is 1. The molecule has 0 fully saturated rings. The Balaban J connectivity index is 2.41. The van der Waals surface area contributed by atoms with Crippen LogP contribution in [0.2, 0.25) is 5.28 Å². The van der Waals surface area contributed by atoms with E-state index < -0.39 is 5.97 Å². The van der Waals surface area contributed by atoms with Crippen LogP contribution in [0.1, 0.15) is 10.6 Å². The molecule has 0 aliphatic heterocycles. The minimum absolute atomic E-state index is 0.00915. The summed E-state index contributed by atoms with van der Waals surface area (Å²) < 4.78 is 4.80. The summed E-state index contributed by atoms with van der Waals surface area (Å²) in [6.07, 6.45) is 1.45. The van der Waals surface area contributed by atoms with Gasteiger partial charge in [0.1, 0.15) is 12.1 Å². The highest BCUT2D eigenvalue weighted by Gasteiger charge is 2.15. The van der Waals surface area contributed by atoms with Crippen LogP contribution in [0.5, 0.6) is 0 Å². The van der Waals surface area contributed by atoms with Crippen LogP contribution in [-0.2, 0) is 4.74 Å². The molecule has 8 heteroatoms. The molecular weight excluding hydrogens is 246 g/mol. The zero-order chi connectivity index (χ0) is 12.4. The van der Waals surface area contributed by atoms with E-state index in [0.29, 0.717) is 5.52 Å². The van der Waals surface area contributed by atoms with E-state index in [0.717, 1.165) is 0 Å². The van der Waals surface area contributed by atoms with Gasteiger partial charge in [-0.1, -0.05) is 12.7 Å². The summed E-state index contributed by atoms with van der Waals surface area (Å²) >= 11 is 5.61. The lowest BCUT2D eigenvalue weighted by Gasteiger charge is -1.96. The molecule has 0 aliphatic rings. The second-order valence-corrected chi connectivity index (χ2v) is 3.39. The molecule has 0 aliphatic carbocycles. The number of nitrogens with zero attached hydrogens (tertiary/aromatic N) is 3. The maximum absolute atomic E-state index is 11.5. The Labute approximate surface area is 101 Å². The molecule has 2 aromatic rings. The van der Waals surface area contributed by atoms with E-state index in [9.17, 15) is 4.79 Å². The van der Waals surface area contributed by atoms with Crippen molar-refractivity contribution in [1.82, 2.24) is 19.9 Å². The number of carbonyl (C=O) groups is 1. The van der Waals surface area contributed by atoms with Crippen molar-refractivity contribution >= 4 is 34.6 Å². The van der Waals surface area contributed by atoms with Crippen molar-refractivity contribution < 1.29 is 9.53 Å². The van der Waals surface area contributed by atoms with Gasteiger partial charge in [0, 0.05) is 0 Å². The normalized spacial score (nSPS) is 10.4. The fourth-order valence-corrected chi connectivity index (χ4v) is 1.36. The summed E-state index contributed by atoms with van der Waals surface area (Å²) in [5.74, 6) is -0.515.